The molecular formula is C19H22FNO3. The zero-order valence-corrected chi connectivity index (χ0v) is 13.8. The standard InChI is InChI=1S/C19H22FNO3/c1-2-23-19(22)9-7-16-12-14-11-15(20)6-8-18(14)21(16)13-17-5-3-4-10-24-17/h6-9,11-12,17H,2-5,10,13H2,1H3/b9-7+. The van der Waals surface area contributed by atoms with Crippen LogP contribution in [-0.4, -0.2) is 29.9 Å². The minimum Gasteiger partial charge on any atom is -0.463 e. The average Bonchev–Trinajstić information content (AvgIpc) is 2.91. The van der Waals surface area contributed by atoms with Gasteiger partial charge in [-0.15, -0.1) is 0 Å². The summed E-state index contributed by atoms with van der Waals surface area (Å²) < 4.78 is 26.4. The molecule has 0 N–H and O–H groups in total. The van der Waals surface area contributed by atoms with Gasteiger partial charge in [0, 0.05) is 35.8 Å². The summed E-state index contributed by atoms with van der Waals surface area (Å²) in [7, 11) is 0. The number of hydrogen-bond donors (Lipinski definition) is 0. The van der Waals surface area contributed by atoms with E-state index in [1.165, 1.54) is 18.2 Å². The minimum atomic E-state index is -0.380. The maximum atomic E-state index is 13.5. The van der Waals surface area contributed by atoms with Gasteiger partial charge in [0.05, 0.1) is 12.7 Å². The van der Waals surface area contributed by atoms with Crippen molar-refractivity contribution in [2.24, 2.45) is 0 Å². The zero-order chi connectivity index (χ0) is 16.9. The molecule has 1 atom stereocenters. The first-order valence-electron chi connectivity index (χ1n) is 8.42. The summed E-state index contributed by atoms with van der Waals surface area (Å²) in [5, 5.41) is 0.814. The second-order valence-electron chi connectivity index (χ2n) is 5.96. The predicted octanol–water partition coefficient (Wildman–Crippen LogP) is 3.93. The number of esters is 1. The van der Waals surface area contributed by atoms with E-state index < -0.39 is 0 Å². The Bertz CT molecular complexity index is 744. The lowest BCUT2D eigenvalue weighted by Gasteiger charge is -2.24. The quantitative estimate of drug-likeness (QED) is 0.616. The van der Waals surface area contributed by atoms with E-state index in [0.717, 1.165) is 42.5 Å². The van der Waals surface area contributed by atoms with Gasteiger partial charge in [-0.1, -0.05) is 0 Å². The molecule has 2 heterocycles. The van der Waals surface area contributed by atoms with Crippen LogP contribution >= 0.6 is 0 Å². The van der Waals surface area contributed by atoms with E-state index in [4.69, 9.17) is 9.47 Å². The highest BCUT2D eigenvalue weighted by atomic mass is 19.1. The average molecular weight is 331 g/mol. The van der Waals surface area contributed by atoms with Crippen LogP contribution in [-0.2, 0) is 20.8 Å². The largest absolute Gasteiger partial charge is 0.463 e. The molecule has 1 aromatic heterocycles. The SMILES string of the molecule is CCOC(=O)/C=C/c1cc2cc(F)ccc2n1CC1CCCCO1. The Labute approximate surface area is 140 Å². The number of benzene rings is 1. The van der Waals surface area contributed by atoms with E-state index in [1.807, 2.05) is 6.07 Å². The van der Waals surface area contributed by atoms with Gasteiger partial charge in [-0.05, 0) is 56.5 Å². The third-order valence-electron chi connectivity index (χ3n) is 4.23. The fraction of sp³-hybridized carbons (Fsp3) is 0.421. The molecule has 0 bridgehead atoms. The number of carbonyl (C=O) groups is 1. The maximum Gasteiger partial charge on any atom is 0.330 e. The second-order valence-corrected chi connectivity index (χ2v) is 5.96. The third kappa shape index (κ3) is 3.85. The normalized spacial score (nSPS) is 18.3. The van der Waals surface area contributed by atoms with Crippen LogP contribution in [0.25, 0.3) is 17.0 Å². The van der Waals surface area contributed by atoms with Crippen molar-refractivity contribution in [1.82, 2.24) is 4.57 Å². The molecule has 0 saturated carbocycles. The number of fused-ring (bicyclic) bond motifs is 1. The monoisotopic (exact) mass is 331 g/mol. The molecule has 0 radical (unpaired) electrons. The number of ether oxygens (including phenoxy) is 2. The van der Waals surface area contributed by atoms with Crippen molar-refractivity contribution in [3.63, 3.8) is 0 Å². The molecule has 4 nitrogen and oxygen atoms in total. The van der Waals surface area contributed by atoms with Gasteiger partial charge in [-0.25, -0.2) is 9.18 Å². The Morgan fingerprint density at radius 1 is 1.42 bits per heavy atom. The number of halogens is 1. The van der Waals surface area contributed by atoms with Gasteiger partial charge >= 0.3 is 5.97 Å². The van der Waals surface area contributed by atoms with E-state index in [1.54, 1.807) is 19.1 Å². The molecule has 5 heteroatoms. The first kappa shape index (κ1) is 16.7. The topological polar surface area (TPSA) is 40.5 Å². The second kappa shape index (κ2) is 7.62. The van der Waals surface area contributed by atoms with E-state index in [-0.39, 0.29) is 17.9 Å². The molecule has 2 aromatic rings. The summed E-state index contributed by atoms with van der Waals surface area (Å²) in [6, 6.07) is 6.63. The predicted molar refractivity (Wildman–Crippen MR) is 91.2 cm³/mol. The Kier molecular flexibility index (Phi) is 5.30. The van der Waals surface area contributed by atoms with Crippen molar-refractivity contribution in [1.29, 1.82) is 0 Å². The summed E-state index contributed by atoms with van der Waals surface area (Å²) >= 11 is 0. The van der Waals surface area contributed by atoms with Gasteiger partial charge in [0.15, 0.2) is 0 Å². The summed E-state index contributed by atoms with van der Waals surface area (Å²) in [5.41, 5.74) is 1.78. The number of nitrogens with zero attached hydrogens (tertiary/aromatic N) is 1. The van der Waals surface area contributed by atoms with Crippen LogP contribution in [0.3, 0.4) is 0 Å². The van der Waals surface area contributed by atoms with Crippen molar-refractivity contribution in [2.75, 3.05) is 13.2 Å². The third-order valence-corrected chi connectivity index (χ3v) is 4.23. The molecular weight excluding hydrogens is 309 g/mol. The van der Waals surface area contributed by atoms with Crippen molar-refractivity contribution >= 4 is 22.9 Å². The molecule has 1 aromatic carbocycles. The number of carbonyl (C=O) groups excluding carboxylic acids is 1. The lowest BCUT2D eigenvalue weighted by atomic mass is 10.1. The molecule has 1 aliphatic rings. The number of hydrogen-bond acceptors (Lipinski definition) is 3. The van der Waals surface area contributed by atoms with Crippen molar-refractivity contribution in [3.8, 4) is 0 Å². The molecule has 1 saturated heterocycles. The van der Waals surface area contributed by atoms with E-state index >= 15 is 0 Å². The van der Waals surface area contributed by atoms with Gasteiger partial charge in [0.2, 0.25) is 0 Å². The van der Waals surface area contributed by atoms with Crippen LogP contribution in [0.2, 0.25) is 0 Å². The summed E-state index contributed by atoms with van der Waals surface area (Å²) in [6.07, 6.45) is 6.55. The van der Waals surface area contributed by atoms with Gasteiger partial charge in [0.1, 0.15) is 5.82 Å². The Morgan fingerprint density at radius 2 is 2.29 bits per heavy atom. The zero-order valence-electron chi connectivity index (χ0n) is 13.8. The summed E-state index contributed by atoms with van der Waals surface area (Å²) in [4.78, 5) is 11.6. The van der Waals surface area contributed by atoms with Crippen LogP contribution in [0, 0.1) is 5.82 Å². The summed E-state index contributed by atoms with van der Waals surface area (Å²) in [6.45, 7) is 3.59. The molecule has 0 aliphatic carbocycles. The van der Waals surface area contributed by atoms with Crippen molar-refractivity contribution in [3.05, 3.63) is 41.9 Å². The van der Waals surface area contributed by atoms with Gasteiger partial charge in [-0.2, -0.15) is 0 Å². The lowest BCUT2D eigenvalue weighted by molar-refractivity contribution is -0.137. The van der Waals surface area contributed by atoms with Gasteiger partial charge < -0.3 is 14.0 Å². The van der Waals surface area contributed by atoms with Crippen molar-refractivity contribution < 1.29 is 18.7 Å². The van der Waals surface area contributed by atoms with E-state index in [0.29, 0.717) is 13.2 Å². The molecule has 0 spiro atoms. The van der Waals surface area contributed by atoms with Crippen LogP contribution in [0.5, 0.6) is 0 Å². The Balaban J connectivity index is 1.93. The number of rotatable bonds is 5. The lowest BCUT2D eigenvalue weighted by Crippen LogP contribution is -2.24. The van der Waals surface area contributed by atoms with Gasteiger partial charge in [-0.3, -0.25) is 0 Å². The van der Waals surface area contributed by atoms with E-state index in [9.17, 15) is 9.18 Å². The number of aromatic nitrogens is 1. The minimum absolute atomic E-state index is 0.147. The Morgan fingerprint density at radius 3 is 3.04 bits per heavy atom. The van der Waals surface area contributed by atoms with Gasteiger partial charge in [0.25, 0.3) is 0 Å². The summed E-state index contributed by atoms with van der Waals surface area (Å²) in [5.74, 6) is -0.649. The van der Waals surface area contributed by atoms with Crippen LogP contribution < -0.4 is 0 Å². The van der Waals surface area contributed by atoms with Crippen LogP contribution in [0.15, 0.2) is 30.3 Å². The smallest absolute Gasteiger partial charge is 0.330 e. The first-order valence-corrected chi connectivity index (χ1v) is 8.42. The van der Waals surface area contributed by atoms with Crippen LogP contribution in [0.4, 0.5) is 4.39 Å². The molecule has 128 valence electrons. The fourth-order valence-corrected chi connectivity index (χ4v) is 3.10. The molecule has 1 unspecified atom stereocenters. The molecule has 1 fully saturated rings. The van der Waals surface area contributed by atoms with E-state index in [2.05, 4.69) is 4.57 Å². The first-order chi connectivity index (χ1) is 11.7. The molecule has 1 aliphatic heterocycles. The highest BCUT2D eigenvalue weighted by molar-refractivity contribution is 5.89. The molecule has 3 rings (SSSR count). The molecule has 24 heavy (non-hydrogen) atoms. The van der Waals surface area contributed by atoms with Crippen LogP contribution in [0.1, 0.15) is 31.9 Å². The van der Waals surface area contributed by atoms with Crippen molar-refractivity contribution in [2.45, 2.75) is 38.8 Å². The Hall–Kier alpha value is -2.14. The molecule has 0 amide bonds. The highest BCUT2D eigenvalue weighted by Gasteiger charge is 2.17. The maximum absolute atomic E-state index is 13.5. The highest BCUT2D eigenvalue weighted by Crippen LogP contribution is 2.25. The fourth-order valence-electron chi connectivity index (χ4n) is 3.10.